The molecule has 0 aliphatic heterocycles. The molecule has 5 nitrogen and oxygen atoms in total. The normalized spacial score (nSPS) is 10.0. The van der Waals surface area contributed by atoms with Gasteiger partial charge in [-0.25, -0.2) is 4.98 Å². The van der Waals surface area contributed by atoms with Gasteiger partial charge >= 0.3 is 0 Å². The summed E-state index contributed by atoms with van der Waals surface area (Å²) < 4.78 is 2.03. The Balaban J connectivity index is 0.000000791. The van der Waals surface area contributed by atoms with E-state index in [1.54, 1.807) is 0 Å². The van der Waals surface area contributed by atoms with Crippen LogP contribution in [0.1, 0.15) is 55.6 Å². The number of anilines is 1. The first-order valence-electron chi connectivity index (χ1n) is 9.08. The van der Waals surface area contributed by atoms with Crippen LogP contribution in [0.15, 0.2) is 12.4 Å². The highest BCUT2D eigenvalue weighted by molar-refractivity contribution is 6.34. The average Bonchev–Trinajstić information content (AvgIpc) is 2.94. The lowest BCUT2D eigenvalue weighted by molar-refractivity contribution is 0.784. The van der Waals surface area contributed by atoms with Crippen LogP contribution in [0.5, 0.6) is 0 Å². The first-order chi connectivity index (χ1) is 12.4. The van der Waals surface area contributed by atoms with E-state index in [9.17, 15) is 0 Å². The van der Waals surface area contributed by atoms with Crippen LogP contribution in [0.25, 0.3) is 11.0 Å². The Labute approximate surface area is 161 Å². The molecule has 0 aliphatic carbocycles. The number of nitrogens with two attached hydrogens (primary N) is 1. The lowest BCUT2D eigenvalue weighted by Crippen LogP contribution is -2.06. The molecule has 0 bridgehead atoms. The lowest BCUT2D eigenvalue weighted by atomic mass is 10.0. The smallest absolute Gasteiger partial charge is 0.223 e. The number of hydrogen-bond donors (Lipinski definition) is 1. The molecule has 0 saturated heterocycles. The summed E-state index contributed by atoms with van der Waals surface area (Å²) in [5.41, 5.74) is 12.2. The van der Waals surface area contributed by atoms with Crippen LogP contribution >= 0.6 is 11.6 Å². The molecule has 0 fully saturated rings. The third kappa shape index (κ3) is 4.33. The highest BCUT2D eigenvalue weighted by Gasteiger charge is 2.14. The molecule has 0 saturated carbocycles. The van der Waals surface area contributed by atoms with Crippen molar-refractivity contribution in [2.45, 2.75) is 61.9 Å². The Morgan fingerprint density at radius 2 is 1.58 bits per heavy atom. The quantitative estimate of drug-likeness (QED) is 0.609. The van der Waals surface area contributed by atoms with Crippen molar-refractivity contribution in [3.05, 3.63) is 45.5 Å². The van der Waals surface area contributed by atoms with Gasteiger partial charge in [0.05, 0.1) is 17.6 Å². The average molecular weight is 376 g/mol. The van der Waals surface area contributed by atoms with Crippen molar-refractivity contribution in [3.8, 4) is 0 Å². The van der Waals surface area contributed by atoms with Crippen LogP contribution < -0.4 is 5.73 Å². The first kappa shape index (κ1) is 21.9. The van der Waals surface area contributed by atoms with E-state index >= 15 is 0 Å². The molecular formula is C20H30ClN5. The van der Waals surface area contributed by atoms with Gasteiger partial charge in [-0.1, -0.05) is 39.3 Å². The number of aryl methyl sites for hydroxylation is 2. The molecule has 0 amide bonds. The molecule has 0 radical (unpaired) electrons. The van der Waals surface area contributed by atoms with Gasteiger partial charge in [-0.05, 0) is 49.9 Å². The Morgan fingerprint density at radius 1 is 0.962 bits per heavy atom. The second-order valence-corrected chi connectivity index (χ2v) is 6.01. The number of pyridine rings is 1. The fraction of sp³-hybridized carbons (Fsp3) is 0.450. The Hall–Kier alpha value is -2.14. The minimum Gasteiger partial charge on any atom is -0.368 e. The van der Waals surface area contributed by atoms with Crippen molar-refractivity contribution < 1.29 is 0 Å². The zero-order valence-electron chi connectivity index (χ0n) is 17.1. The molecule has 0 atom stereocenters. The van der Waals surface area contributed by atoms with E-state index in [1.807, 2.05) is 51.6 Å². The topological polar surface area (TPSA) is 69.6 Å². The molecule has 3 heterocycles. The van der Waals surface area contributed by atoms with E-state index in [4.69, 9.17) is 17.3 Å². The molecule has 6 heteroatoms. The summed E-state index contributed by atoms with van der Waals surface area (Å²) in [5, 5.41) is 1.24. The van der Waals surface area contributed by atoms with Crippen LogP contribution in [0.3, 0.4) is 0 Å². The van der Waals surface area contributed by atoms with E-state index in [1.165, 1.54) is 16.7 Å². The van der Waals surface area contributed by atoms with Gasteiger partial charge in [0.2, 0.25) is 5.95 Å². The van der Waals surface area contributed by atoms with E-state index in [0.717, 1.165) is 22.3 Å². The van der Waals surface area contributed by atoms with E-state index in [0.29, 0.717) is 11.7 Å². The van der Waals surface area contributed by atoms with Gasteiger partial charge in [0, 0.05) is 12.4 Å². The van der Waals surface area contributed by atoms with Crippen molar-refractivity contribution in [2.24, 2.45) is 0 Å². The first-order valence-corrected chi connectivity index (χ1v) is 9.46. The van der Waals surface area contributed by atoms with Crippen molar-refractivity contribution >= 4 is 28.6 Å². The Kier molecular flexibility index (Phi) is 8.03. The number of aromatic nitrogens is 4. The minimum atomic E-state index is 0.182. The summed E-state index contributed by atoms with van der Waals surface area (Å²) in [4.78, 5) is 12.9. The highest BCUT2D eigenvalue weighted by atomic mass is 35.5. The van der Waals surface area contributed by atoms with Crippen LogP contribution in [-0.2, 0) is 6.54 Å². The summed E-state index contributed by atoms with van der Waals surface area (Å²) in [6.07, 6.45) is 3.92. The maximum absolute atomic E-state index is 6.20. The number of fused-ring (bicyclic) bond motifs is 1. The fourth-order valence-electron chi connectivity index (χ4n) is 2.67. The van der Waals surface area contributed by atoms with E-state index < -0.39 is 0 Å². The maximum atomic E-state index is 6.20. The number of nitrogen functional groups attached to an aromatic ring is 1. The maximum Gasteiger partial charge on any atom is 0.223 e. The summed E-state index contributed by atoms with van der Waals surface area (Å²) in [5.74, 6) is 0.182. The summed E-state index contributed by atoms with van der Waals surface area (Å²) >= 11 is 6.20. The van der Waals surface area contributed by atoms with Gasteiger partial charge in [0.1, 0.15) is 10.8 Å². The van der Waals surface area contributed by atoms with Crippen molar-refractivity contribution in [1.29, 1.82) is 0 Å². The Morgan fingerprint density at radius 3 is 2.19 bits per heavy atom. The SMILES string of the molecule is CC.CC.Cc1cnc(Cn2cc(C)c3c(Cl)nc(N)nc32)c(C)c1C. The second kappa shape index (κ2) is 9.53. The predicted octanol–water partition coefficient (Wildman–Crippen LogP) is 5.40. The number of nitrogens with zero attached hydrogens (tertiary/aromatic N) is 4. The van der Waals surface area contributed by atoms with Crippen molar-refractivity contribution in [1.82, 2.24) is 19.5 Å². The lowest BCUT2D eigenvalue weighted by Gasteiger charge is -2.11. The van der Waals surface area contributed by atoms with Crippen LogP contribution in [0.4, 0.5) is 5.95 Å². The monoisotopic (exact) mass is 375 g/mol. The molecule has 0 spiro atoms. The minimum absolute atomic E-state index is 0.182. The zero-order valence-corrected chi connectivity index (χ0v) is 17.9. The molecular weight excluding hydrogens is 346 g/mol. The largest absolute Gasteiger partial charge is 0.368 e. The van der Waals surface area contributed by atoms with Crippen molar-refractivity contribution in [2.75, 3.05) is 5.73 Å². The molecule has 3 rings (SSSR count). The van der Waals surface area contributed by atoms with Gasteiger partial charge in [0.15, 0.2) is 0 Å². The van der Waals surface area contributed by atoms with E-state index in [-0.39, 0.29) is 5.95 Å². The third-order valence-corrected chi connectivity index (χ3v) is 4.47. The predicted molar refractivity (Wildman–Crippen MR) is 112 cm³/mol. The Bertz CT molecular complexity index is 884. The van der Waals surface area contributed by atoms with E-state index in [2.05, 4.69) is 35.7 Å². The summed E-state index contributed by atoms with van der Waals surface area (Å²) in [7, 11) is 0. The zero-order chi connectivity index (χ0) is 20.0. The molecule has 0 aromatic carbocycles. The summed E-state index contributed by atoms with van der Waals surface area (Å²) in [6, 6.07) is 0. The third-order valence-electron chi connectivity index (χ3n) is 4.20. The van der Waals surface area contributed by atoms with Gasteiger partial charge in [-0.15, -0.1) is 0 Å². The molecule has 3 aromatic heterocycles. The van der Waals surface area contributed by atoms with Crippen LogP contribution in [-0.4, -0.2) is 19.5 Å². The van der Waals surface area contributed by atoms with Gasteiger partial charge in [0.25, 0.3) is 0 Å². The molecule has 26 heavy (non-hydrogen) atoms. The molecule has 142 valence electrons. The number of rotatable bonds is 2. The number of halogens is 1. The van der Waals surface area contributed by atoms with Gasteiger partial charge < -0.3 is 10.3 Å². The number of hydrogen-bond acceptors (Lipinski definition) is 4. The molecule has 0 aliphatic rings. The molecule has 0 unspecified atom stereocenters. The molecule has 3 aromatic rings. The van der Waals surface area contributed by atoms with Crippen molar-refractivity contribution in [3.63, 3.8) is 0 Å². The van der Waals surface area contributed by atoms with Crippen LogP contribution in [0.2, 0.25) is 5.15 Å². The second-order valence-electron chi connectivity index (χ2n) is 5.65. The highest BCUT2D eigenvalue weighted by Crippen LogP contribution is 2.27. The van der Waals surface area contributed by atoms with Crippen LogP contribution in [0, 0.1) is 27.7 Å². The standard InChI is InChI=1S/C16H18ClN5.2C2H6/c1-8-5-19-12(11(4)10(8)3)7-22-6-9(2)13-14(17)20-16(18)21-15(13)22;2*1-2/h5-6H,7H2,1-4H3,(H2,18,20,21);2*1-2H3. The fourth-order valence-corrected chi connectivity index (χ4v) is 2.99. The van der Waals surface area contributed by atoms with Gasteiger partial charge in [-0.2, -0.15) is 4.98 Å². The summed E-state index contributed by atoms with van der Waals surface area (Å²) in [6.45, 7) is 16.9. The van der Waals surface area contributed by atoms with Gasteiger partial charge in [-0.3, -0.25) is 4.98 Å². The molecule has 2 N–H and O–H groups in total.